The standard InChI is InChI=1S/C18H21FN4OS/c1-25-18-21-10-14(11-22-18)17(24)20-12-16(23-8-2-3-9-23)13-4-6-15(19)7-5-13/h4-7,10-11,16H,2-3,8-9,12H2,1H3,(H,20,24)/t16-/m1/s1. The second kappa shape index (κ2) is 8.40. The van der Waals surface area contributed by atoms with Crippen LogP contribution in [0.15, 0.2) is 41.8 Å². The highest BCUT2D eigenvalue weighted by Gasteiger charge is 2.24. The summed E-state index contributed by atoms with van der Waals surface area (Å²) < 4.78 is 13.2. The molecule has 1 fully saturated rings. The molecule has 0 aliphatic carbocycles. The molecule has 1 aromatic carbocycles. The van der Waals surface area contributed by atoms with Gasteiger partial charge in [0.15, 0.2) is 5.16 Å². The average Bonchev–Trinajstić information content (AvgIpc) is 3.17. The van der Waals surface area contributed by atoms with Crippen LogP contribution in [0.4, 0.5) is 4.39 Å². The predicted octanol–water partition coefficient (Wildman–Crippen LogP) is 2.90. The zero-order chi connectivity index (χ0) is 17.6. The van der Waals surface area contributed by atoms with E-state index in [0.29, 0.717) is 17.3 Å². The third kappa shape index (κ3) is 4.55. The summed E-state index contributed by atoms with van der Waals surface area (Å²) in [4.78, 5) is 23.0. The van der Waals surface area contributed by atoms with Crippen LogP contribution in [0.3, 0.4) is 0 Å². The summed E-state index contributed by atoms with van der Waals surface area (Å²) in [6.07, 6.45) is 7.26. The molecule has 0 radical (unpaired) electrons. The van der Waals surface area contributed by atoms with Crippen LogP contribution in [0.5, 0.6) is 0 Å². The molecule has 5 nitrogen and oxygen atoms in total. The molecule has 1 aliphatic rings. The summed E-state index contributed by atoms with van der Waals surface area (Å²) in [5.74, 6) is -0.446. The van der Waals surface area contributed by atoms with Crippen molar-refractivity contribution in [2.24, 2.45) is 0 Å². The Kier molecular flexibility index (Phi) is 5.99. The number of hydrogen-bond donors (Lipinski definition) is 1. The zero-order valence-corrected chi connectivity index (χ0v) is 14.9. The summed E-state index contributed by atoms with van der Waals surface area (Å²) in [6.45, 7) is 2.45. The van der Waals surface area contributed by atoms with E-state index in [9.17, 15) is 9.18 Å². The number of halogens is 1. The van der Waals surface area contributed by atoms with Crippen LogP contribution in [0, 0.1) is 5.82 Å². The van der Waals surface area contributed by atoms with Gasteiger partial charge >= 0.3 is 0 Å². The Hall–Kier alpha value is -1.99. The second-order valence-corrected chi connectivity index (χ2v) is 6.75. The molecule has 1 aromatic heterocycles. The van der Waals surface area contributed by atoms with Gasteiger partial charge in [-0.25, -0.2) is 14.4 Å². The molecular formula is C18H21FN4OS. The number of thioether (sulfide) groups is 1. The summed E-state index contributed by atoms with van der Waals surface area (Å²) in [5.41, 5.74) is 1.45. The van der Waals surface area contributed by atoms with E-state index < -0.39 is 0 Å². The number of aromatic nitrogens is 2. The van der Waals surface area contributed by atoms with Gasteiger partial charge in [0.2, 0.25) is 0 Å². The van der Waals surface area contributed by atoms with Gasteiger partial charge in [-0.3, -0.25) is 9.69 Å². The normalized spacial score (nSPS) is 15.9. The van der Waals surface area contributed by atoms with Gasteiger partial charge in [0, 0.05) is 18.9 Å². The van der Waals surface area contributed by atoms with Crippen LogP contribution < -0.4 is 5.32 Å². The molecule has 2 heterocycles. The number of benzene rings is 1. The van der Waals surface area contributed by atoms with Crippen molar-refractivity contribution in [3.8, 4) is 0 Å². The highest BCUT2D eigenvalue weighted by molar-refractivity contribution is 7.98. The van der Waals surface area contributed by atoms with Crippen molar-refractivity contribution in [3.63, 3.8) is 0 Å². The molecule has 1 aliphatic heterocycles. The van der Waals surface area contributed by atoms with Gasteiger partial charge in [0.25, 0.3) is 5.91 Å². The zero-order valence-electron chi connectivity index (χ0n) is 14.1. The molecular weight excluding hydrogens is 339 g/mol. The fraction of sp³-hybridized carbons (Fsp3) is 0.389. The van der Waals surface area contributed by atoms with Crippen LogP contribution in [0.25, 0.3) is 0 Å². The Morgan fingerprint density at radius 3 is 2.48 bits per heavy atom. The summed E-state index contributed by atoms with van der Waals surface area (Å²) in [6, 6.07) is 6.56. The lowest BCUT2D eigenvalue weighted by Gasteiger charge is -2.28. The number of carbonyl (C=O) groups excluding carboxylic acids is 1. The number of nitrogens with zero attached hydrogens (tertiary/aromatic N) is 3. The van der Waals surface area contributed by atoms with Crippen molar-refractivity contribution in [3.05, 3.63) is 53.6 Å². The lowest BCUT2D eigenvalue weighted by atomic mass is 10.1. The van der Waals surface area contributed by atoms with Crippen LogP contribution in [-0.2, 0) is 0 Å². The summed E-state index contributed by atoms with van der Waals surface area (Å²) in [5, 5.41) is 3.60. The number of carbonyl (C=O) groups is 1. The smallest absolute Gasteiger partial charge is 0.254 e. The first-order valence-corrected chi connectivity index (χ1v) is 9.53. The molecule has 1 saturated heterocycles. The van der Waals surface area contributed by atoms with E-state index in [0.717, 1.165) is 31.5 Å². The van der Waals surface area contributed by atoms with Crippen LogP contribution >= 0.6 is 11.8 Å². The first-order valence-electron chi connectivity index (χ1n) is 8.31. The minimum atomic E-state index is -0.251. The Balaban J connectivity index is 1.69. The van der Waals surface area contributed by atoms with E-state index in [1.807, 2.05) is 6.26 Å². The van der Waals surface area contributed by atoms with Crippen molar-refractivity contribution < 1.29 is 9.18 Å². The molecule has 0 unspecified atom stereocenters. The van der Waals surface area contributed by atoms with E-state index in [1.54, 1.807) is 12.1 Å². The van der Waals surface area contributed by atoms with Crippen molar-refractivity contribution in [2.75, 3.05) is 25.9 Å². The van der Waals surface area contributed by atoms with Gasteiger partial charge < -0.3 is 5.32 Å². The largest absolute Gasteiger partial charge is 0.350 e. The third-order valence-electron chi connectivity index (χ3n) is 4.37. The number of rotatable bonds is 6. The van der Waals surface area contributed by atoms with Gasteiger partial charge in [0.1, 0.15) is 5.82 Å². The highest BCUT2D eigenvalue weighted by Crippen LogP contribution is 2.25. The first-order chi connectivity index (χ1) is 12.2. The van der Waals surface area contributed by atoms with Gasteiger partial charge in [-0.05, 0) is 49.9 Å². The van der Waals surface area contributed by atoms with Crippen molar-refractivity contribution >= 4 is 17.7 Å². The van der Waals surface area contributed by atoms with Crippen LogP contribution in [-0.4, -0.2) is 46.7 Å². The topological polar surface area (TPSA) is 58.1 Å². The number of amides is 1. The van der Waals surface area contributed by atoms with Crippen molar-refractivity contribution in [1.29, 1.82) is 0 Å². The SMILES string of the molecule is CSc1ncc(C(=O)NC[C@H](c2ccc(F)cc2)N2CCCC2)cn1. The van der Waals surface area contributed by atoms with E-state index in [-0.39, 0.29) is 17.8 Å². The minimum absolute atomic E-state index is 0.0402. The van der Waals surface area contributed by atoms with E-state index in [4.69, 9.17) is 0 Å². The first kappa shape index (κ1) is 17.8. The molecule has 7 heteroatoms. The molecule has 1 amide bonds. The fourth-order valence-electron chi connectivity index (χ4n) is 3.03. The van der Waals surface area contributed by atoms with E-state index in [1.165, 1.54) is 36.3 Å². The van der Waals surface area contributed by atoms with Gasteiger partial charge in [0.05, 0.1) is 11.6 Å². The van der Waals surface area contributed by atoms with E-state index in [2.05, 4.69) is 20.2 Å². The molecule has 2 aromatic rings. The molecule has 0 bridgehead atoms. The predicted molar refractivity (Wildman–Crippen MR) is 96.1 cm³/mol. The Bertz CT molecular complexity index is 702. The summed E-state index contributed by atoms with van der Waals surface area (Å²) in [7, 11) is 0. The molecule has 1 atom stereocenters. The maximum atomic E-state index is 13.2. The Labute approximate surface area is 151 Å². The van der Waals surface area contributed by atoms with Crippen LogP contribution in [0.1, 0.15) is 34.8 Å². The number of nitrogens with one attached hydrogen (secondary N) is 1. The Morgan fingerprint density at radius 2 is 1.88 bits per heavy atom. The van der Waals surface area contributed by atoms with Crippen molar-refractivity contribution in [1.82, 2.24) is 20.2 Å². The quantitative estimate of drug-likeness (QED) is 0.634. The van der Waals surface area contributed by atoms with Gasteiger partial charge in [-0.2, -0.15) is 0 Å². The third-order valence-corrected chi connectivity index (χ3v) is 4.94. The van der Waals surface area contributed by atoms with Crippen LogP contribution in [0.2, 0.25) is 0 Å². The fourth-order valence-corrected chi connectivity index (χ4v) is 3.34. The number of likely N-dealkylation sites (tertiary alicyclic amines) is 1. The van der Waals surface area contributed by atoms with Gasteiger partial charge in [-0.1, -0.05) is 23.9 Å². The van der Waals surface area contributed by atoms with E-state index >= 15 is 0 Å². The summed E-state index contributed by atoms with van der Waals surface area (Å²) >= 11 is 1.43. The lowest BCUT2D eigenvalue weighted by Crippen LogP contribution is -2.36. The van der Waals surface area contributed by atoms with Gasteiger partial charge in [-0.15, -0.1) is 0 Å². The second-order valence-electron chi connectivity index (χ2n) is 5.98. The minimum Gasteiger partial charge on any atom is -0.350 e. The Morgan fingerprint density at radius 1 is 1.24 bits per heavy atom. The maximum Gasteiger partial charge on any atom is 0.254 e. The molecule has 132 valence electrons. The van der Waals surface area contributed by atoms with Crippen molar-refractivity contribution in [2.45, 2.75) is 24.0 Å². The monoisotopic (exact) mass is 360 g/mol. The molecule has 1 N–H and O–H groups in total. The average molecular weight is 360 g/mol. The molecule has 0 saturated carbocycles. The molecule has 25 heavy (non-hydrogen) atoms. The lowest BCUT2D eigenvalue weighted by molar-refractivity contribution is 0.0937. The molecule has 0 spiro atoms. The maximum absolute atomic E-state index is 13.2. The highest BCUT2D eigenvalue weighted by atomic mass is 32.2. The molecule has 3 rings (SSSR count). The number of hydrogen-bond acceptors (Lipinski definition) is 5.